The molecule has 94 valence electrons. The van der Waals surface area contributed by atoms with Crippen molar-refractivity contribution in [2.45, 2.75) is 0 Å². The van der Waals surface area contributed by atoms with Gasteiger partial charge in [-0.3, -0.25) is 4.57 Å². The normalized spacial score (nSPS) is 13.5. The summed E-state index contributed by atoms with van der Waals surface area (Å²) in [5, 5.41) is 0. The third-order valence-electron chi connectivity index (χ3n) is 2.48. The van der Waals surface area contributed by atoms with Crippen LogP contribution in [0.4, 0.5) is 0 Å². The fraction of sp³-hybridized carbons (Fsp3) is 0.333. The Morgan fingerprint density at radius 1 is 1.12 bits per heavy atom. The highest BCUT2D eigenvalue weighted by molar-refractivity contribution is 9.15. The highest BCUT2D eigenvalue weighted by atomic mass is 79.9. The molecular formula is C12H18BrN2OP. The molecule has 0 fully saturated rings. The maximum atomic E-state index is 12.7. The minimum absolute atomic E-state index is 0.851. The fourth-order valence-electron chi connectivity index (χ4n) is 1.41. The molecule has 0 aliphatic heterocycles. The average Bonchev–Trinajstić information content (AvgIpc) is 2.29. The highest BCUT2D eigenvalue weighted by Gasteiger charge is 2.25. The molecule has 0 aromatic heterocycles. The zero-order valence-electron chi connectivity index (χ0n) is 10.6. The molecule has 0 heterocycles. The van der Waals surface area contributed by atoms with Crippen molar-refractivity contribution in [2.24, 2.45) is 0 Å². The summed E-state index contributed by atoms with van der Waals surface area (Å²) in [6, 6.07) is 9.84. The van der Waals surface area contributed by atoms with Crippen LogP contribution in [-0.4, -0.2) is 37.5 Å². The van der Waals surface area contributed by atoms with E-state index < -0.39 is 7.44 Å². The lowest BCUT2D eigenvalue weighted by atomic mass is 10.2. The smallest absolute Gasteiger partial charge is 0.238 e. The molecule has 0 saturated carbocycles. The SMILES string of the molecule is CN(C)P(=O)(C=C(Br)c1ccccc1)N(C)C. The van der Waals surface area contributed by atoms with Crippen LogP contribution in [0.25, 0.3) is 4.48 Å². The third kappa shape index (κ3) is 3.52. The van der Waals surface area contributed by atoms with Gasteiger partial charge in [-0.15, -0.1) is 0 Å². The first-order valence-corrected chi connectivity index (χ1v) is 7.74. The zero-order valence-corrected chi connectivity index (χ0v) is 13.1. The van der Waals surface area contributed by atoms with Crippen molar-refractivity contribution in [3.8, 4) is 0 Å². The second kappa shape index (κ2) is 5.96. The van der Waals surface area contributed by atoms with Gasteiger partial charge in [0, 0.05) is 10.3 Å². The van der Waals surface area contributed by atoms with Crippen LogP contribution in [0.5, 0.6) is 0 Å². The molecule has 0 unspecified atom stereocenters. The molecule has 0 aliphatic rings. The van der Waals surface area contributed by atoms with Crippen LogP contribution >= 0.6 is 23.4 Å². The van der Waals surface area contributed by atoms with E-state index in [0.29, 0.717) is 0 Å². The first kappa shape index (κ1) is 14.7. The third-order valence-corrected chi connectivity index (χ3v) is 6.40. The van der Waals surface area contributed by atoms with E-state index in [-0.39, 0.29) is 0 Å². The number of nitrogens with zero attached hydrogens (tertiary/aromatic N) is 2. The summed E-state index contributed by atoms with van der Waals surface area (Å²) in [5.74, 6) is 1.78. The lowest BCUT2D eigenvalue weighted by molar-refractivity contribution is 0.459. The predicted octanol–water partition coefficient (Wildman–Crippen LogP) is 3.70. The molecule has 1 rings (SSSR count). The average molecular weight is 317 g/mol. The van der Waals surface area contributed by atoms with E-state index >= 15 is 0 Å². The van der Waals surface area contributed by atoms with Crippen molar-refractivity contribution in [2.75, 3.05) is 28.2 Å². The molecule has 3 nitrogen and oxygen atoms in total. The molecule has 1 aromatic rings. The van der Waals surface area contributed by atoms with Gasteiger partial charge in [0.15, 0.2) is 0 Å². The standard InChI is InChI=1S/C12H18BrN2OP/c1-14(2)17(16,15(3)4)10-12(13)11-8-6-5-7-9-11/h5-10H,1-4H3. The van der Waals surface area contributed by atoms with Gasteiger partial charge in [-0.2, -0.15) is 0 Å². The van der Waals surface area contributed by atoms with E-state index in [1.807, 2.05) is 58.5 Å². The van der Waals surface area contributed by atoms with E-state index in [9.17, 15) is 4.57 Å². The van der Waals surface area contributed by atoms with Crippen molar-refractivity contribution in [1.29, 1.82) is 0 Å². The van der Waals surface area contributed by atoms with Gasteiger partial charge in [0.2, 0.25) is 7.44 Å². The van der Waals surface area contributed by atoms with Crippen molar-refractivity contribution < 1.29 is 4.57 Å². The molecule has 0 N–H and O–H groups in total. The van der Waals surface area contributed by atoms with Crippen LogP contribution in [-0.2, 0) is 4.57 Å². The lowest BCUT2D eigenvalue weighted by Gasteiger charge is -2.28. The summed E-state index contributed by atoms with van der Waals surface area (Å²) >= 11 is 3.49. The van der Waals surface area contributed by atoms with Gasteiger partial charge in [-0.25, -0.2) is 9.34 Å². The van der Waals surface area contributed by atoms with E-state index in [2.05, 4.69) is 15.9 Å². The molecule has 0 saturated heterocycles. The molecule has 0 spiro atoms. The predicted molar refractivity (Wildman–Crippen MR) is 78.3 cm³/mol. The molecular weight excluding hydrogens is 299 g/mol. The molecule has 0 bridgehead atoms. The quantitative estimate of drug-likeness (QED) is 0.791. The molecule has 17 heavy (non-hydrogen) atoms. The van der Waals surface area contributed by atoms with Crippen molar-refractivity contribution >= 4 is 27.9 Å². The molecule has 0 aliphatic carbocycles. The number of hydrogen-bond acceptors (Lipinski definition) is 1. The second-order valence-electron chi connectivity index (χ2n) is 4.13. The van der Waals surface area contributed by atoms with E-state index in [0.717, 1.165) is 10.0 Å². The number of hydrogen-bond donors (Lipinski definition) is 0. The first-order chi connectivity index (χ1) is 7.88. The molecule has 5 heteroatoms. The minimum Gasteiger partial charge on any atom is -0.284 e. The first-order valence-electron chi connectivity index (χ1n) is 5.27. The van der Waals surface area contributed by atoms with E-state index in [1.165, 1.54) is 0 Å². The van der Waals surface area contributed by atoms with Crippen LogP contribution < -0.4 is 0 Å². The van der Waals surface area contributed by atoms with Gasteiger partial charge in [0.1, 0.15) is 0 Å². The summed E-state index contributed by atoms with van der Waals surface area (Å²) in [4.78, 5) is 0. The summed E-state index contributed by atoms with van der Waals surface area (Å²) in [6.07, 6.45) is 0. The summed E-state index contributed by atoms with van der Waals surface area (Å²) in [6.45, 7) is 0. The molecule has 0 amide bonds. The van der Waals surface area contributed by atoms with Gasteiger partial charge in [-0.1, -0.05) is 30.3 Å². The van der Waals surface area contributed by atoms with Crippen LogP contribution in [0.3, 0.4) is 0 Å². The van der Waals surface area contributed by atoms with E-state index in [4.69, 9.17) is 0 Å². The number of halogens is 1. The van der Waals surface area contributed by atoms with Crippen LogP contribution in [0.1, 0.15) is 5.56 Å². The zero-order chi connectivity index (χ0) is 13.1. The second-order valence-corrected chi connectivity index (χ2v) is 8.02. The largest absolute Gasteiger partial charge is 0.284 e. The van der Waals surface area contributed by atoms with Crippen molar-refractivity contribution in [3.63, 3.8) is 0 Å². The Bertz CT molecular complexity index is 431. The maximum absolute atomic E-state index is 12.7. The maximum Gasteiger partial charge on any atom is 0.238 e. The Labute approximate surface area is 112 Å². The monoisotopic (exact) mass is 316 g/mol. The lowest BCUT2D eigenvalue weighted by Crippen LogP contribution is -2.19. The van der Waals surface area contributed by atoms with Gasteiger partial charge in [0.25, 0.3) is 0 Å². The molecule has 0 atom stereocenters. The highest BCUT2D eigenvalue weighted by Crippen LogP contribution is 2.53. The topological polar surface area (TPSA) is 23.6 Å². The number of benzene rings is 1. The molecule has 1 aromatic carbocycles. The van der Waals surface area contributed by atoms with E-state index in [1.54, 1.807) is 15.2 Å². The Balaban J connectivity index is 3.13. The van der Waals surface area contributed by atoms with Gasteiger partial charge in [0.05, 0.1) is 0 Å². The van der Waals surface area contributed by atoms with Crippen molar-refractivity contribution in [1.82, 2.24) is 9.34 Å². The summed E-state index contributed by atoms with van der Waals surface area (Å²) in [7, 11) is 4.66. The van der Waals surface area contributed by atoms with Crippen LogP contribution in [0.15, 0.2) is 36.1 Å². The van der Waals surface area contributed by atoms with Crippen LogP contribution in [0, 0.1) is 0 Å². The Morgan fingerprint density at radius 3 is 2.00 bits per heavy atom. The Kier molecular flexibility index (Phi) is 5.14. The fourth-order valence-corrected chi connectivity index (χ4v) is 4.09. The van der Waals surface area contributed by atoms with Gasteiger partial charge < -0.3 is 0 Å². The Hall–Kier alpha value is -0.410. The van der Waals surface area contributed by atoms with Crippen LogP contribution in [0.2, 0.25) is 0 Å². The summed E-state index contributed by atoms with van der Waals surface area (Å²) in [5.41, 5.74) is 1.02. The van der Waals surface area contributed by atoms with Crippen molar-refractivity contribution in [3.05, 3.63) is 41.7 Å². The van der Waals surface area contributed by atoms with Gasteiger partial charge in [-0.05, 0) is 49.7 Å². The Morgan fingerprint density at radius 2 is 1.59 bits per heavy atom. The summed E-state index contributed by atoms with van der Waals surface area (Å²) < 4.78 is 17.1. The molecule has 0 radical (unpaired) electrons. The number of rotatable bonds is 4. The minimum atomic E-state index is -2.63. The van der Waals surface area contributed by atoms with Gasteiger partial charge >= 0.3 is 0 Å².